The molecule has 1 aromatic heterocycles. The standard InChI is InChI=1S/C19H13NO4/c21-18(12-20-15-9-3-4-10-17(15)24-19(20)22)23-16-11-5-7-13-6-1-2-8-14(13)16/h1-11H,12H2. The minimum atomic E-state index is -0.578. The van der Waals surface area contributed by atoms with E-state index in [0.717, 1.165) is 10.8 Å². The molecule has 0 aliphatic carbocycles. The van der Waals surface area contributed by atoms with Gasteiger partial charge in [0, 0.05) is 5.39 Å². The Morgan fingerprint density at radius 2 is 1.71 bits per heavy atom. The van der Waals surface area contributed by atoms with Gasteiger partial charge in [0.2, 0.25) is 0 Å². The fraction of sp³-hybridized carbons (Fsp3) is 0.0526. The zero-order valence-corrected chi connectivity index (χ0v) is 12.6. The number of nitrogens with zero attached hydrogens (tertiary/aromatic N) is 1. The van der Waals surface area contributed by atoms with Crippen molar-refractivity contribution in [3.05, 3.63) is 77.3 Å². The molecule has 0 saturated carbocycles. The van der Waals surface area contributed by atoms with Crippen LogP contribution in [0.4, 0.5) is 0 Å². The first kappa shape index (κ1) is 14.3. The zero-order chi connectivity index (χ0) is 16.5. The Morgan fingerprint density at radius 1 is 0.958 bits per heavy atom. The maximum absolute atomic E-state index is 12.3. The number of carbonyl (C=O) groups is 1. The van der Waals surface area contributed by atoms with Crippen molar-refractivity contribution in [2.75, 3.05) is 0 Å². The molecule has 0 radical (unpaired) electrons. The first-order valence-electron chi connectivity index (χ1n) is 7.49. The van der Waals surface area contributed by atoms with Crippen LogP contribution in [-0.4, -0.2) is 10.5 Å². The molecule has 118 valence electrons. The summed E-state index contributed by atoms with van der Waals surface area (Å²) in [5.41, 5.74) is 1.01. The summed E-state index contributed by atoms with van der Waals surface area (Å²) >= 11 is 0. The van der Waals surface area contributed by atoms with E-state index in [1.807, 2.05) is 36.4 Å². The second-order valence-corrected chi connectivity index (χ2v) is 5.37. The molecule has 4 rings (SSSR count). The smallest absolute Gasteiger partial charge is 0.420 e. The van der Waals surface area contributed by atoms with E-state index in [1.165, 1.54) is 4.57 Å². The second-order valence-electron chi connectivity index (χ2n) is 5.37. The molecule has 0 unspecified atom stereocenters. The van der Waals surface area contributed by atoms with E-state index in [2.05, 4.69) is 0 Å². The maximum atomic E-state index is 12.3. The third kappa shape index (κ3) is 2.46. The van der Waals surface area contributed by atoms with Gasteiger partial charge in [-0.05, 0) is 23.6 Å². The summed E-state index contributed by atoms with van der Waals surface area (Å²) in [4.78, 5) is 24.2. The zero-order valence-electron chi connectivity index (χ0n) is 12.6. The fourth-order valence-corrected chi connectivity index (χ4v) is 2.73. The molecular formula is C19H13NO4. The number of rotatable bonds is 3. The Morgan fingerprint density at radius 3 is 2.62 bits per heavy atom. The van der Waals surface area contributed by atoms with Crippen molar-refractivity contribution >= 4 is 27.8 Å². The minimum absolute atomic E-state index is 0.209. The van der Waals surface area contributed by atoms with Gasteiger partial charge >= 0.3 is 11.7 Å². The van der Waals surface area contributed by atoms with Gasteiger partial charge in [-0.1, -0.05) is 48.5 Å². The highest BCUT2D eigenvalue weighted by Gasteiger charge is 2.14. The Kier molecular flexibility index (Phi) is 3.39. The predicted molar refractivity (Wildman–Crippen MR) is 90.1 cm³/mol. The van der Waals surface area contributed by atoms with Gasteiger partial charge in [-0.15, -0.1) is 0 Å². The minimum Gasteiger partial charge on any atom is -0.425 e. The topological polar surface area (TPSA) is 61.4 Å². The number of fused-ring (bicyclic) bond motifs is 2. The molecular weight excluding hydrogens is 306 g/mol. The van der Waals surface area contributed by atoms with Gasteiger partial charge in [-0.2, -0.15) is 0 Å². The summed E-state index contributed by atoms with van der Waals surface area (Å²) in [7, 11) is 0. The van der Waals surface area contributed by atoms with E-state index >= 15 is 0 Å². The monoisotopic (exact) mass is 319 g/mol. The molecule has 5 heteroatoms. The molecule has 0 atom stereocenters. The van der Waals surface area contributed by atoms with Crippen LogP contribution in [0.5, 0.6) is 5.75 Å². The van der Waals surface area contributed by atoms with Gasteiger partial charge in [0.25, 0.3) is 0 Å². The number of aromatic nitrogens is 1. The Hall–Kier alpha value is -3.34. The normalized spacial score (nSPS) is 11.0. The Balaban J connectivity index is 1.65. The highest BCUT2D eigenvalue weighted by atomic mass is 16.5. The van der Waals surface area contributed by atoms with Crippen molar-refractivity contribution in [1.29, 1.82) is 0 Å². The van der Waals surface area contributed by atoms with Crippen LogP contribution in [0.3, 0.4) is 0 Å². The van der Waals surface area contributed by atoms with E-state index in [0.29, 0.717) is 16.8 Å². The van der Waals surface area contributed by atoms with Gasteiger partial charge in [0.05, 0.1) is 5.52 Å². The Labute approximate surface area is 136 Å². The molecule has 4 aromatic rings. The van der Waals surface area contributed by atoms with E-state index in [9.17, 15) is 9.59 Å². The number of ether oxygens (including phenoxy) is 1. The van der Waals surface area contributed by atoms with Crippen molar-refractivity contribution in [3.63, 3.8) is 0 Å². The molecule has 0 bridgehead atoms. The van der Waals surface area contributed by atoms with Crippen LogP contribution in [0, 0.1) is 0 Å². The number of para-hydroxylation sites is 2. The molecule has 24 heavy (non-hydrogen) atoms. The lowest BCUT2D eigenvalue weighted by atomic mass is 10.1. The molecule has 0 spiro atoms. The van der Waals surface area contributed by atoms with Gasteiger partial charge in [0.15, 0.2) is 5.58 Å². The van der Waals surface area contributed by atoms with Crippen LogP contribution in [0.1, 0.15) is 0 Å². The highest BCUT2D eigenvalue weighted by Crippen LogP contribution is 2.25. The fourth-order valence-electron chi connectivity index (χ4n) is 2.73. The number of carbonyl (C=O) groups excluding carboxylic acids is 1. The summed E-state index contributed by atoms with van der Waals surface area (Å²) in [6, 6.07) is 20.1. The number of hydrogen-bond donors (Lipinski definition) is 0. The van der Waals surface area contributed by atoms with Crippen LogP contribution in [0.15, 0.2) is 75.9 Å². The summed E-state index contributed by atoms with van der Waals surface area (Å²) in [5.74, 6) is -0.634. The van der Waals surface area contributed by atoms with Crippen molar-refractivity contribution in [2.24, 2.45) is 0 Å². The molecule has 1 heterocycles. The van der Waals surface area contributed by atoms with Crippen LogP contribution in [0.25, 0.3) is 21.9 Å². The van der Waals surface area contributed by atoms with Crippen molar-refractivity contribution in [2.45, 2.75) is 6.54 Å². The highest BCUT2D eigenvalue weighted by molar-refractivity contribution is 5.90. The van der Waals surface area contributed by atoms with E-state index < -0.39 is 11.7 Å². The SMILES string of the molecule is O=C(Cn1c(=O)oc2ccccc21)Oc1cccc2ccccc12. The van der Waals surface area contributed by atoms with Crippen molar-refractivity contribution < 1.29 is 13.9 Å². The van der Waals surface area contributed by atoms with E-state index in [-0.39, 0.29) is 6.54 Å². The van der Waals surface area contributed by atoms with Gasteiger partial charge in [-0.3, -0.25) is 4.57 Å². The lowest BCUT2D eigenvalue weighted by Crippen LogP contribution is -2.23. The lowest BCUT2D eigenvalue weighted by Gasteiger charge is -2.08. The Bertz CT molecular complexity index is 1100. The third-order valence-electron chi connectivity index (χ3n) is 3.83. The number of hydrogen-bond acceptors (Lipinski definition) is 4. The summed E-state index contributed by atoms with van der Waals surface area (Å²) in [6.45, 7) is -0.209. The lowest BCUT2D eigenvalue weighted by molar-refractivity contribution is -0.135. The predicted octanol–water partition coefficient (Wildman–Crippen LogP) is 3.35. The van der Waals surface area contributed by atoms with E-state index in [1.54, 1.807) is 30.3 Å². The van der Waals surface area contributed by atoms with Crippen LogP contribution >= 0.6 is 0 Å². The van der Waals surface area contributed by atoms with Gasteiger partial charge in [-0.25, -0.2) is 9.59 Å². The van der Waals surface area contributed by atoms with Crippen LogP contribution in [-0.2, 0) is 11.3 Å². The van der Waals surface area contributed by atoms with Crippen LogP contribution in [0.2, 0.25) is 0 Å². The molecule has 3 aromatic carbocycles. The molecule has 0 saturated heterocycles. The van der Waals surface area contributed by atoms with Gasteiger partial charge < -0.3 is 9.15 Å². The first-order valence-corrected chi connectivity index (χ1v) is 7.49. The quantitative estimate of drug-likeness (QED) is 0.429. The van der Waals surface area contributed by atoms with E-state index in [4.69, 9.17) is 9.15 Å². The average Bonchev–Trinajstić information content (AvgIpc) is 2.91. The molecule has 0 aliphatic heterocycles. The second kappa shape index (κ2) is 5.70. The number of benzene rings is 3. The van der Waals surface area contributed by atoms with Crippen molar-refractivity contribution in [1.82, 2.24) is 4.57 Å². The van der Waals surface area contributed by atoms with Crippen molar-refractivity contribution in [3.8, 4) is 5.75 Å². The molecule has 0 aliphatic rings. The summed E-state index contributed by atoms with van der Waals surface area (Å²) in [6.07, 6.45) is 0. The number of esters is 1. The summed E-state index contributed by atoms with van der Waals surface area (Å²) in [5, 5.41) is 1.83. The molecule has 0 N–H and O–H groups in total. The molecule has 0 amide bonds. The van der Waals surface area contributed by atoms with Gasteiger partial charge in [0.1, 0.15) is 12.3 Å². The molecule has 0 fully saturated rings. The van der Waals surface area contributed by atoms with Crippen LogP contribution < -0.4 is 10.5 Å². The maximum Gasteiger partial charge on any atom is 0.420 e. The largest absolute Gasteiger partial charge is 0.425 e. The first-order chi connectivity index (χ1) is 11.7. The summed E-state index contributed by atoms with van der Waals surface area (Å²) < 4.78 is 11.9. The third-order valence-corrected chi connectivity index (χ3v) is 3.83. The number of oxazole rings is 1. The average molecular weight is 319 g/mol. The molecule has 5 nitrogen and oxygen atoms in total.